The summed E-state index contributed by atoms with van der Waals surface area (Å²) in [6.45, 7) is 13.1. The topological polar surface area (TPSA) is 66.7 Å². The molecular formula is C26H33ClN6O2. The summed E-state index contributed by atoms with van der Waals surface area (Å²) in [5, 5.41) is 1.72. The van der Waals surface area contributed by atoms with Crippen LogP contribution in [0.1, 0.15) is 41.0 Å². The monoisotopic (exact) mass is 496 g/mol. The molecule has 2 aliphatic rings. The fourth-order valence-electron chi connectivity index (χ4n) is 4.86. The number of aromatic nitrogens is 3. The Morgan fingerprint density at radius 1 is 1.11 bits per heavy atom. The number of carbonyl (C=O) groups is 1. The second kappa shape index (κ2) is 8.90. The van der Waals surface area contributed by atoms with Gasteiger partial charge in [0.2, 0.25) is 0 Å². The molecule has 9 heteroatoms. The number of halogens is 1. The van der Waals surface area contributed by atoms with E-state index in [0.717, 1.165) is 41.3 Å². The van der Waals surface area contributed by atoms with E-state index in [1.807, 2.05) is 49.9 Å². The summed E-state index contributed by atoms with van der Waals surface area (Å²) in [4.78, 5) is 28.8. The molecule has 0 N–H and O–H groups in total. The highest BCUT2D eigenvalue weighted by Crippen LogP contribution is 2.39. The summed E-state index contributed by atoms with van der Waals surface area (Å²) in [6, 6.07) is 7.86. The first kappa shape index (κ1) is 23.7. The molecule has 0 saturated carbocycles. The lowest BCUT2D eigenvalue weighted by Crippen LogP contribution is -2.59. The first-order valence-electron chi connectivity index (χ1n) is 12.3. The Morgan fingerprint density at radius 3 is 2.54 bits per heavy atom. The molecule has 0 bridgehead atoms. The zero-order chi connectivity index (χ0) is 24.9. The maximum Gasteiger partial charge on any atom is 0.410 e. The van der Waals surface area contributed by atoms with E-state index >= 15 is 0 Å². The van der Waals surface area contributed by atoms with Crippen molar-refractivity contribution >= 4 is 40.2 Å². The molecule has 2 atom stereocenters. The van der Waals surface area contributed by atoms with Crippen molar-refractivity contribution in [2.24, 2.45) is 0 Å². The van der Waals surface area contributed by atoms with Crippen LogP contribution in [0.15, 0.2) is 36.8 Å². The number of anilines is 2. The lowest BCUT2D eigenvalue weighted by atomic mass is 10.1. The lowest BCUT2D eigenvalue weighted by molar-refractivity contribution is 0.0130. The molecule has 8 nitrogen and oxygen atoms in total. The van der Waals surface area contributed by atoms with E-state index in [1.165, 1.54) is 6.42 Å². The van der Waals surface area contributed by atoms with Crippen LogP contribution < -0.4 is 9.80 Å². The second-order valence-electron chi connectivity index (χ2n) is 10.6. The normalized spacial score (nSPS) is 20.8. The van der Waals surface area contributed by atoms with Gasteiger partial charge in [0.15, 0.2) is 5.65 Å². The van der Waals surface area contributed by atoms with Crippen molar-refractivity contribution in [3.63, 3.8) is 0 Å². The minimum atomic E-state index is -0.522. The lowest BCUT2D eigenvalue weighted by Gasteiger charge is -2.45. The molecule has 5 rings (SSSR count). The summed E-state index contributed by atoms with van der Waals surface area (Å²) in [6.07, 6.45) is 4.70. The number of piperazine rings is 1. The number of carbonyl (C=O) groups excluding carboxylic acids is 1. The highest BCUT2D eigenvalue weighted by molar-refractivity contribution is 6.30. The van der Waals surface area contributed by atoms with Crippen LogP contribution in [-0.4, -0.2) is 69.4 Å². The Morgan fingerprint density at radius 2 is 1.89 bits per heavy atom. The summed E-state index contributed by atoms with van der Waals surface area (Å²) < 4.78 is 7.77. The third-order valence-electron chi connectivity index (χ3n) is 6.71. The smallest absolute Gasteiger partial charge is 0.410 e. The van der Waals surface area contributed by atoms with Crippen molar-refractivity contribution in [2.75, 3.05) is 36.0 Å². The number of rotatable bonds is 3. The van der Waals surface area contributed by atoms with E-state index < -0.39 is 5.60 Å². The Labute approximate surface area is 211 Å². The molecule has 2 saturated heterocycles. The van der Waals surface area contributed by atoms with E-state index in [9.17, 15) is 4.79 Å². The predicted molar refractivity (Wildman–Crippen MR) is 140 cm³/mol. The number of hydrogen-bond acceptors (Lipinski definition) is 6. The maximum absolute atomic E-state index is 12.8. The van der Waals surface area contributed by atoms with Crippen molar-refractivity contribution in [3.8, 4) is 5.69 Å². The van der Waals surface area contributed by atoms with Gasteiger partial charge in [0.25, 0.3) is 0 Å². The Kier molecular flexibility index (Phi) is 6.03. The van der Waals surface area contributed by atoms with Crippen LogP contribution in [0.5, 0.6) is 0 Å². The number of hydrogen-bond donors (Lipinski definition) is 0. The quantitative estimate of drug-likeness (QED) is 0.501. The molecule has 1 aromatic carbocycles. The standard InChI is InChI=1S/C26H33ClN6O2/c1-17-14-32(25(34)35-26(3,4)5)18(2)13-31(17)23-22-21(30-10-7-11-30)15-33(24(22)29-16-28-23)20-9-6-8-19(27)12-20/h6,8-9,12,15-18H,7,10-11,13-14H2,1-5H3. The van der Waals surface area contributed by atoms with Crippen molar-refractivity contribution in [1.82, 2.24) is 19.4 Å². The first-order chi connectivity index (χ1) is 16.6. The van der Waals surface area contributed by atoms with Gasteiger partial charge >= 0.3 is 6.09 Å². The van der Waals surface area contributed by atoms with Gasteiger partial charge in [0.1, 0.15) is 17.7 Å². The molecule has 2 fully saturated rings. The Hall–Kier alpha value is -3.00. The zero-order valence-electron chi connectivity index (χ0n) is 21.0. The second-order valence-corrected chi connectivity index (χ2v) is 11.0. The molecule has 3 aromatic rings. The van der Waals surface area contributed by atoms with Gasteiger partial charge in [-0.05, 0) is 59.2 Å². The molecule has 2 aliphatic heterocycles. The third kappa shape index (κ3) is 4.51. The van der Waals surface area contributed by atoms with E-state index in [2.05, 4.69) is 34.4 Å². The summed E-state index contributed by atoms with van der Waals surface area (Å²) in [7, 11) is 0. The van der Waals surface area contributed by atoms with Crippen LogP contribution in [0.4, 0.5) is 16.3 Å². The number of amides is 1. The Balaban J connectivity index is 1.54. The van der Waals surface area contributed by atoms with Crippen LogP contribution in [0.25, 0.3) is 16.7 Å². The van der Waals surface area contributed by atoms with Crippen LogP contribution in [0.2, 0.25) is 5.02 Å². The van der Waals surface area contributed by atoms with Crippen LogP contribution in [-0.2, 0) is 4.74 Å². The van der Waals surface area contributed by atoms with Gasteiger partial charge in [-0.15, -0.1) is 0 Å². The molecular weight excluding hydrogens is 464 g/mol. The molecule has 0 aliphatic carbocycles. The van der Waals surface area contributed by atoms with Crippen molar-refractivity contribution < 1.29 is 9.53 Å². The highest BCUT2D eigenvalue weighted by Gasteiger charge is 2.36. The van der Waals surface area contributed by atoms with Gasteiger partial charge in [-0.2, -0.15) is 0 Å². The minimum absolute atomic E-state index is 0.0199. The van der Waals surface area contributed by atoms with Crippen molar-refractivity contribution in [3.05, 3.63) is 41.8 Å². The zero-order valence-corrected chi connectivity index (χ0v) is 21.8. The highest BCUT2D eigenvalue weighted by atomic mass is 35.5. The first-order valence-corrected chi connectivity index (χ1v) is 12.6. The minimum Gasteiger partial charge on any atom is -0.444 e. The number of ether oxygens (including phenoxy) is 1. The van der Waals surface area contributed by atoms with Crippen LogP contribution in [0.3, 0.4) is 0 Å². The van der Waals surface area contributed by atoms with Gasteiger partial charge in [0, 0.05) is 55.2 Å². The van der Waals surface area contributed by atoms with Gasteiger partial charge in [-0.3, -0.25) is 4.57 Å². The van der Waals surface area contributed by atoms with E-state index in [0.29, 0.717) is 18.1 Å². The summed E-state index contributed by atoms with van der Waals surface area (Å²) in [5.41, 5.74) is 2.44. The number of benzene rings is 1. The maximum atomic E-state index is 12.8. The molecule has 1 amide bonds. The average molecular weight is 497 g/mol. The Bertz CT molecular complexity index is 1250. The van der Waals surface area contributed by atoms with Gasteiger partial charge in [0.05, 0.1) is 11.1 Å². The molecule has 4 heterocycles. The van der Waals surface area contributed by atoms with Crippen LogP contribution in [0, 0.1) is 0 Å². The summed E-state index contributed by atoms with van der Waals surface area (Å²) in [5.74, 6) is 0.904. The number of nitrogens with zero attached hydrogens (tertiary/aromatic N) is 6. The SMILES string of the molecule is CC1CN(c2ncnc3c2c(N2CCC2)cn3-c2cccc(Cl)c2)C(C)CN1C(=O)OC(C)(C)C. The van der Waals surface area contributed by atoms with Gasteiger partial charge < -0.3 is 19.4 Å². The fourth-order valence-corrected chi connectivity index (χ4v) is 5.05. The molecule has 35 heavy (non-hydrogen) atoms. The van der Waals surface area contributed by atoms with E-state index in [4.69, 9.17) is 26.3 Å². The van der Waals surface area contributed by atoms with Crippen molar-refractivity contribution in [2.45, 2.75) is 58.7 Å². The molecule has 0 radical (unpaired) electrons. The number of fused-ring (bicyclic) bond motifs is 1. The predicted octanol–water partition coefficient (Wildman–Crippen LogP) is 5.12. The third-order valence-corrected chi connectivity index (χ3v) is 6.95. The van der Waals surface area contributed by atoms with Gasteiger partial charge in [-0.25, -0.2) is 14.8 Å². The molecule has 0 spiro atoms. The average Bonchev–Trinajstić information content (AvgIpc) is 3.12. The fraction of sp³-hybridized carbons (Fsp3) is 0.500. The molecule has 186 valence electrons. The molecule has 2 unspecified atom stereocenters. The van der Waals surface area contributed by atoms with Crippen LogP contribution >= 0.6 is 11.6 Å². The summed E-state index contributed by atoms with van der Waals surface area (Å²) >= 11 is 6.31. The largest absolute Gasteiger partial charge is 0.444 e. The van der Waals surface area contributed by atoms with Gasteiger partial charge in [-0.1, -0.05) is 17.7 Å². The molecule has 2 aromatic heterocycles. The van der Waals surface area contributed by atoms with E-state index in [1.54, 1.807) is 6.33 Å². The van der Waals surface area contributed by atoms with Crippen molar-refractivity contribution in [1.29, 1.82) is 0 Å². The van der Waals surface area contributed by atoms with E-state index in [-0.39, 0.29) is 18.2 Å².